The highest BCUT2D eigenvalue weighted by atomic mass is 28.3. The molecule has 0 saturated heterocycles. The molecule has 0 radical (unpaired) electrons. The van der Waals surface area contributed by atoms with Crippen molar-refractivity contribution < 1.29 is 9.47 Å². The fourth-order valence-corrected chi connectivity index (χ4v) is 1.91. The van der Waals surface area contributed by atoms with Crippen molar-refractivity contribution in [2.75, 3.05) is 19.1 Å². The van der Waals surface area contributed by atoms with Gasteiger partial charge in [0.05, 0.1) is 5.69 Å². The normalized spacial score (nSPS) is 11.4. The number of nitrogen functional groups attached to an aromatic ring is 1. The third-order valence-electron chi connectivity index (χ3n) is 2.21. The summed E-state index contributed by atoms with van der Waals surface area (Å²) in [6, 6.07) is 8.59. The van der Waals surface area contributed by atoms with E-state index in [4.69, 9.17) is 15.2 Å². The quantitative estimate of drug-likeness (QED) is 0.359. The largest absolute Gasteiger partial charge is 0.465 e. The van der Waals surface area contributed by atoms with E-state index in [1.165, 1.54) is 0 Å². The van der Waals surface area contributed by atoms with Crippen LogP contribution in [0.4, 0.5) is 5.69 Å². The van der Waals surface area contributed by atoms with Crippen molar-refractivity contribution in [3.05, 3.63) is 24.3 Å². The molecule has 1 rings (SSSR count). The third kappa shape index (κ3) is 5.18. The molecule has 0 atom stereocenters. The van der Waals surface area contributed by atoms with Crippen LogP contribution in [0.15, 0.2) is 24.3 Å². The molecule has 4 heteroatoms. The lowest BCUT2D eigenvalue weighted by Crippen LogP contribution is -2.22. The van der Waals surface area contributed by atoms with Crippen molar-refractivity contribution >= 4 is 13.8 Å². The molecule has 0 spiro atoms. The van der Waals surface area contributed by atoms with Crippen LogP contribution in [0.3, 0.4) is 0 Å². The molecule has 90 valence electrons. The predicted octanol–water partition coefficient (Wildman–Crippen LogP) is 2.96. The first-order valence-corrected chi connectivity index (χ1v) is 9.25. The molecule has 0 heterocycles. The molecular weight excluding hydrogens is 218 g/mol. The van der Waals surface area contributed by atoms with E-state index in [9.17, 15) is 0 Å². The van der Waals surface area contributed by atoms with Gasteiger partial charge in [0, 0.05) is 14.7 Å². The minimum Gasteiger partial charge on any atom is -0.465 e. The highest BCUT2D eigenvalue weighted by Crippen LogP contribution is 2.19. The van der Waals surface area contributed by atoms with Gasteiger partial charge in [0.15, 0.2) is 6.79 Å². The first-order chi connectivity index (χ1) is 7.49. The van der Waals surface area contributed by atoms with Crippen molar-refractivity contribution in [3.63, 3.8) is 0 Å². The van der Waals surface area contributed by atoms with E-state index in [1.807, 2.05) is 24.3 Å². The second-order valence-electron chi connectivity index (χ2n) is 5.02. The van der Waals surface area contributed by atoms with Crippen LogP contribution in [-0.4, -0.2) is 21.5 Å². The maximum atomic E-state index is 5.73. The van der Waals surface area contributed by atoms with Gasteiger partial charge in [0.25, 0.3) is 0 Å². The molecule has 0 aliphatic rings. The van der Waals surface area contributed by atoms with Gasteiger partial charge in [0.1, 0.15) is 5.75 Å². The average Bonchev–Trinajstić information content (AvgIpc) is 2.18. The smallest absolute Gasteiger partial charge is 0.189 e. The average molecular weight is 239 g/mol. The van der Waals surface area contributed by atoms with Crippen molar-refractivity contribution in [3.8, 4) is 5.75 Å². The Kier molecular flexibility index (Phi) is 4.83. The summed E-state index contributed by atoms with van der Waals surface area (Å²) in [4.78, 5) is 0. The molecule has 0 fully saturated rings. The van der Waals surface area contributed by atoms with E-state index in [-0.39, 0.29) is 6.79 Å². The van der Waals surface area contributed by atoms with E-state index in [0.29, 0.717) is 11.4 Å². The fraction of sp³-hybridized carbons (Fsp3) is 0.500. The Balaban J connectivity index is 2.19. The van der Waals surface area contributed by atoms with Crippen molar-refractivity contribution in [2.24, 2.45) is 0 Å². The lowest BCUT2D eigenvalue weighted by Gasteiger charge is -2.15. The van der Waals surface area contributed by atoms with Crippen molar-refractivity contribution in [1.29, 1.82) is 0 Å². The van der Waals surface area contributed by atoms with Gasteiger partial charge in [-0.25, -0.2) is 0 Å². The number of hydrogen-bond donors (Lipinski definition) is 1. The second kappa shape index (κ2) is 5.91. The molecule has 0 amide bonds. The number of nitrogens with two attached hydrogens (primary N) is 1. The van der Waals surface area contributed by atoms with Crippen LogP contribution >= 0.6 is 0 Å². The van der Waals surface area contributed by atoms with E-state index in [2.05, 4.69) is 19.6 Å². The fourth-order valence-electron chi connectivity index (χ4n) is 1.15. The number of para-hydroxylation sites is 2. The zero-order valence-corrected chi connectivity index (χ0v) is 11.3. The van der Waals surface area contributed by atoms with Gasteiger partial charge in [-0.15, -0.1) is 0 Å². The summed E-state index contributed by atoms with van der Waals surface area (Å²) < 4.78 is 10.8. The molecule has 1 aromatic carbocycles. The molecule has 0 aromatic heterocycles. The Morgan fingerprint density at radius 1 is 1.19 bits per heavy atom. The Hall–Kier alpha value is -1.00. The highest BCUT2D eigenvalue weighted by Gasteiger charge is 2.11. The van der Waals surface area contributed by atoms with Crippen LogP contribution in [0.25, 0.3) is 0 Å². The number of rotatable bonds is 6. The standard InChI is InChI=1S/C12H21NO2Si/c1-16(2,3)9-8-14-10-15-12-7-5-4-6-11(12)13/h4-7H,8-10,13H2,1-3H3. The molecule has 0 saturated carbocycles. The van der Waals surface area contributed by atoms with Gasteiger partial charge in [-0.3, -0.25) is 0 Å². The lowest BCUT2D eigenvalue weighted by atomic mass is 10.3. The zero-order chi connectivity index (χ0) is 12.0. The molecule has 16 heavy (non-hydrogen) atoms. The maximum absolute atomic E-state index is 5.73. The number of ether oxygens (including phenoxy) is 2. The highest BCUT2D eigenvalue weighted by molar-refractivity contribution is 6.76. The minimum absolute atomic E-state index is 0.276. The summed E-state index contributed by atoms with van der Waals surface area (Å²) >= 11 is 0. The number of anilines is 1. The van der Waals surface area contributed by atoms with Crippen LogP contribution in [0.1, 0.15) is 0 Å². The number of hydrogen-bond acceptors (Lipinski definition) is 3. The minimum atomic E-state index is -1.00. The Morgan fingerprint density at radius 3 is 2.50 bits per heavy atom. The number of benzene rings is 1. The topological polar surface area (TPSA) is 44.5 Å². The predicted molar refractivity (Wildman–Crippen MR) is 70.5 cm³/mol. The SMILES string of the molecule is C[Si](C)(C)CCOCOc1ccccc1N. The Bertz CT molecular complexity index is 323. The Labute approximate surface area is 98.6 Å². The van der Waals surface area contributed by atoms with Crippen molar-refractivity contribution in [1.82, 2.24) is 0 Å². The van der Waals surface area contributed by atoms with E-state index in [1.54, 1.807) is 0 Å². The summed E-state index contributed by atoms with van der Waals surface area (Å²) in [7, 11) is -1.00. The third-order valence-corrected chi connectivity index (χ3v) is 3.92. The Morgan fingerprint density at radius 2 is 1.88 bits per heavy atom. The zero-order valence-electron chi connectivity index (χ0n) is 10.3. The summed E-state index contributed by atoms with van der Waals surface area (Å²) in [5.41, 5.74) is 6.38. The van der Waals surface area contributed by atoms with Crippen molar-refractivity contribution in [2.45, 2.75) is 25.7 Å². The molecule has 0 aliphatic carbocycles. The molecule has 3 nitrogen and oxygen atoms in total. The molecule has 2 N–H and O–H groups in total. The van der Waals surface area contributed by atoms with Crippen LogP contribution in [0.2, 0.25) is 25.7 Å². The van der Waals surface area contributed by atoms with Gasteiger partial charge < -0.3 is 15.2 Å². The first kappa shape index (κ1) is 13.1. The maximum Gasteiger partial charge on any atom is 0.189 e. The van der Waals surface area contributed by atoms with Gasteiger partial charge >= 0.3 is 0 Å². The lowest BCUT2D eigenvalue weighted by molar-refractivity contribution is 0.0225. The second-order valence-corrected chi connectivity index (χ2v) is 10.6. The van der Waals surface area contributed by atoms with E-state index >= 15 is 0 Å². The molecule has 1 aromatic rings. The van der Waals surface area contributed by atoms with Gasteiger partial charge in [0.2, 0.25) is 0 Å². The van der Waals surface area contributed by atoms with Gasteiger partial charge in [-0.2, -0.15) is 0 Å². The molecule has 0 aliphatic heterocycles. The van der Waals surface area contributed by atoms with Crippen LogP contribution in [-0.2, 0) is 4.74 Å². The summed E-state index contributed by atoms with van der Waals surface area (Å²) in [5, 5.41) is 0. The van der Waals surface area contributed by atoms with E-state index in [0.717, 1.165) is 12.7 Å². The van der Waals surface area contributed by atoms with Gasteiger partial charge in [-0.05, 0) is 18.2 Å². The first-order valence-electron chi connectivity index (χ1n) is 5.54. The van der Waals surface area contributed by atoms with Crippen LogP contribution in [0.5, 0.6) is 5.75 Å². The van der Waals surface area contributed by atoms with Crippen LogP contribution < -0.4 is 10.5 Å². The molecule has 0 bridgehead atoms. The van der Waals surface area contributed by atoms with E-state index < -0.39 is 8.07 Å². The van der Waals surface area contributed by atoms with Crippen LogP contribution in [0, 0.1) is 0 Å². The van der Waals surface area contributed by atoms with Gasteiger partial charge in [-0.1, -0.05) is 31.8 Å². The monoisotopic (exact) mass is 239 g/mol. The summed E-state index contributed by atoms with van der Waals surface area (Å²) in [6.45, 7) is 8.02. The summed E-state index contributed by atoms with van der Waals surface area (Å²) in [5.74, 6) is 0.690. The molecule has 0 unspecified atom stereocenters. The molecular formula is C12H21NO2Si. The summed E-state index contributed by atoms with van der Waals surface area (Å²) in [6.07, 6.45) is 0.